The Labute approximate surface area is 185 Å². The van der Waals surface area contributed by atoms with Crippen molar-refractivity contribution in [2.24, 2.45) is 7.05 Å². The zero-order valence-corrected chi connectivity index (χ0v) is 19.9. The minimum Gasteiger partial charge on any atom is -0.353 e. The van der Waals surface area contributed by atoms with Gasteiger partial charge in [0.15, 0.2) is 0 Å². The number of likely N-dealkylation sites (tertiary alicyclic amines) is 1. The number of fused-ring (bicyclic) bond motifs is 1. The van der Waals surface area contributed by atoms with Gasteiger partial charge in [0.2, 0.25) is 15.9 Å². The van der Waals surface area contributed by atoms with Gasteiger partial charge in [0.05, 0.1) is 15.9 Å². The second-order valence-corrected chi connectivity index (χ2v) is 10.7. The molecule has 9 heteroatoms. The molecule has 0 atom stereocenters. The third kappa shape index (κ3) is 5.64. The Bertz CT molecular complexity index is 1010. The molecule has 1 aromatic carbocycles. The van der Waals surface area contributed by atoms with E-state index in [2.05, 4.69) is 22.1 Å². The maximum Gasteiger partial charge on any atom is 0.242 e. The van der Waals surface area contributed by atoms with Crippen molar-refractivity contribution in [3.8, 4) is 0 Å². The maximum atomic E-state index is 12.5. The molecule has 1 aromatic heterocycles. The number of benzene rings is 1. The number of sulfonamides is 1. The van der Waals surface area contributed by atoms with Gasteiger partial charge in [0.25, 0.3) is 0 Å². The topological polar surface area (TPSA) is 87.5 Å². The number of aromatic nitrogens is 2. The molecule has 1 amide bonds. The standard InChI is InChI=1S/C22H35N5O3S/c1-5-6-13-27-14-11-17(12-15-27)23-22(28)10-9-21-24-19-16-18(31(29,30)25(2)3)7-8-20(19)26(21)4/h7-8,16-17H,5-6,9-15H2,1-4H3,(H,23,28). The van der Waals surface area contributed by atoms with E-state index in [1.54, 1.807) is 18.2 Å². The summed E-state index contributed by atoms with van der Waals surface area (Å²) in [7, 11) is 1.41. The zero-order chi connectivity index (χ0) is 22.6. The van der Waals surface area contributed by atoms with Gasteiger partial charge in [-0.2, -0.15) is 0 Å². The molecule has 0 spiro atoms. The van der Waals surface area contributed by atoms with Crippen LogP contribution in [0.1, 0.15) is 44.9 Å². The Morgan fingerprint density at radius 1 is 1.26 bits per heavy atom. The zero-order valence-electron chi connectivity index (χ0n) is 19.1. The summed E-state index contributed by atoms with van der Waals surface area (Å²) in [5, 5.41) is 3.17. The fourth-order valence-electron chi connectivity index (χ4n) is 4.03. The second kappa shape index (κ2) is 10.1. The summed E-state index contributed by atoms with van der Waals surface area (Å²) in [6.45, 7) is 5.46. The number of nitrogens with zero attached hydrogens (tertiary/aromatic N) is 4. The van der Waals surface area contributed by atoms with Gasteiger partial charge in [0, 0.05) is 53.1 Å². The van der Waals surface area contributed by atoms with Gasteiger partial charge in [0.1, 0.15) is 5.82 Å². The Balaban J connectivity index is 1.57. The number of piperidine rings is 1. The smallest absolute Gasteiger partial charge is 0.242 e. The van der Waals surface area contributed by atoms with Crippen LogP contribution >= 0.6 is 0 Å². The van der Waals surface area contributed by atoms with Crippen LogP contribution in [-0.4, -0.2) is 72.9 Å². The van der Waals surface area contributed by atoms with Crippen LogP contribution in [0.5, 0.6) is 0 Å². The lowest BCUT2D eigenvalue weighted by Gasteiger charge is -2.32. The van der Waals surface area contributed by atoms with E-state index in [-0.39, 0.29) is 16.8 Å². The molecule has 172 valence electrons. The van der Waals surface area contributed by atoms with E-state index in [0.717, 1.165) is 43.8 Å². The first-order valence-corrected chi connectivity index (χ1v) is 12.6. The van der Waals surface area contributed by atoms with Crippen molar-refractivity contribution in [3.63, 3.8) is 0 Å². The largest absolute Gasteiger partial charge is 0.353 e. The van der Waals surface area contributed by atoms with Gasteiger partial charge in [-0.05, 0) is 44.0 Å². The van der Waals surface area contributed by atoms with Gasteiger partial charge in [-0.15, -0.1) is 0 Å². The first-order chi connectivity index (χ1) is 14.7. The monoisotopic (exact) mass is 449 g/mol. The summed E-state index contributed by atoms with van der Waals surface area (Å²) in [4.78, 5) is 19.8. The van der Waals surface area contributed by atoms with E-state index in [1.165, 1.54) is 31.2 Å². The first-order valence-electron chi connectivity index (χ1n) is 11.1. The van der Waals surface area contributed by atoms with Crippen molar-refractivity contribution in [1.82, 2.24) is 24.1 Å². The molecule has 0 saturated carbocycles. The number of rotatable bonds is 9. The molecule has 1 aliphatic rings. The number of hydrogen-bond donors (Lipinski definition) is 1. The summed E-state index contributed by atoms with van der Waals surface area (Å²) < 4.78 is 27.9. The summed E-state index contributed by atoms with van der Waals surface area (Å²) in [6, 6.07) is 5.22. The van der Waals surface area contributed by atoms with E-state index in [0.29, 0.717) is 18.4 Å². The molecule has 1 saturated heterocycles. The number of amides is 1. The van der Waals surface area contributed by atoms with Crippen LogP contribution in [0.2, 0.25) is 0 Å². The molecule has 1 fully saturated rings. The normalized spacial score (nSPS) is 16.3. The lowest BCUT2D eigenvalue weighted by atomic mass is 10.0. The number of aryl methyl sites for hydroxylation is 2. The second-order valence-electron chi connectivity index (χ2n) is 8.56. The molecule has 0 aliphatic carbocycles. The highest BCUT2D eigenvalue weighted by Gasteiger charge is 2.21. The number of imidazole rings is 1. The average Bonchev–Trinajstić information content (AvgIpc) is 3.06. The van der Waals surface area contributed by atoms with E-state index < -0.39 is 10.0 Å². The van der Waals surface area contributed by atoms with Crippen LogP contribution in [-0.2, 0) is 28.3 Å². The lowest BCUT2D eigenvalue weighted by molar-refractivity contribution is -0.122. The lowest BCUT2D eigenvalue weighted by Crippen LogP contribution is -2.44. The number of nitrogens with one attached hydrogen (secondary N) is 1. The fourth-order valence-corrected chi connectivity index (χ4v) is 4.95. The number of unbranched alkanes of at least 4 members (excludes halogenated alkanes) is 1. The molecule has 2 aromatic rings. The third-order valence-corrected chi connectivity index (χ3v) is 7.89. The van der Waals surface area contributed by atoms with Crippen molar-refractivity contribution in [3.05, 3.63) is 24.0 Å². The summed E-state index contributed by atoms with van der Waals surface area (Å²) in [5.74, 6) is 0.828. The molecule has 31 heavy (non-hydrogen) atoms. The highest BCUT2D eigenvalue weighted by atomic mass is 32.2. The highest BCUT2D eigenvalue weighted by Crippen LogP contribution is 2.22. The van der Waals surface area contributed by atoms with Gasteiger partial charge in [-0.25, -0.2) is 17.7 Å². The van der Waals surface area contributed by atoms with Gasteiger partial charge in [-0.1, -0.05) is 13.3 Å². The Morgan fingerprint density at radius 2 is 1.97 bits per heavy atom. The van der Waals surface area contributed by atoms with Crippen LogP contribution in [0.25, 0.3) is 11.0 Å². The van der Waals surface area contributed by atoms with E-state index in [1.807, 2.05) is 11.6 Å². The van der Waals surface area contributed by atoms with E-state index in [9.17, 15) is 13.2 Å². The van der Waals surface area contributed by atoms with Crippen LogP contribution in [0.4, 0.5) is 0 Å². The molecule has 0 unspecified atom stereocenters. The molecule has 3 rings (SSSR count). The summed E-state index contributed by atoms with van der Waals surface area (Å²) in [5.41, 5.74) is 1.48. The molecular formula is C22H35N5O3S. The van der Waals surface area contributed by atoms with Crippen molar-refractivity contribution < 1.29 is 13.2 Å². The Kier molecular flexibility index (Phi) is 7.72. The molecular weight excluding hydrogens is 414 g/mol. The number of carbonyl (C=O) groups excluding carboxylic acids is 1. The molecule has 0 bridgehead atoms. The van der Waals surface area contributed by atoms with Crippen molar-refractivity contribution in [2.45, 2.75) is 56.4 Å². The van der Waals surface area contributed by atoms with Crippen molar-refractivity contribution in [1.29, 1.82) is 0 Å². The molecule has 2 heterocycles. The predicted molar refractivity (Wildman–Crippen MR) is 122 cm³/mol. The van der Waals surface area contributed by atoms with Gasteiger partial charge in [-0.3, -0.25) is 4.79 Å². The predicted octanol–water partition coefficient (Wildman–Crippen LogP) is 2.14. The number of hydrogen-bond acceptors (Lipinski definition) is 5. The summed E-state index contributed by atoms with van der Waals surface area (Å²) in [6.07, 6.45) is 5.34. The minimum atomic E-state index is -3.51. The van der Waals surface area contributed by atoms with E-state index >= 15 is 0 Å². The van der Waals surface area contributed by atoms with Crippen LogP contribution in [0.15, 0.2) is 23.1 Å². The third-order valence-electron chi connectivity index (χ3n) is 6.08. The van der Waals surface area contributed by atoms with Crippen LogP contribution < -0.4 is 5.32 Å². The molecule has 0 radical (unpaired) electrons. The SMILES string of the molecule is CCCCN1CCC(NC(=O)CCc2nc3cc(S(=O)(=O)N(C)C)ccc3n2C)CC1. The Hall–Kier alpha value is -1.97. The Morgan fingerprint density at radius 3 is 2.61 bits per heavy atom. The van der Waals surface area contributed by atoms with Crippen molar-refractivity contribution in [2.75, 3.05) is 33.7 Å². The first kappa shape index (κ1) is 23.7. The molecule has 1 N–H and O–H groups in total. The summed E-state index contributed by atoms with van der Waals surface area (Å²) >= 11 is 0. The molecule has 1 aliphatic heterocycles. The quantitative estimate of drug-likeness (QED) is 0.634. The van der Waals surface area contributed by atoms with Gasteiger partial charge < -0.3 is 14.8 Å². The average molecular weight is 450 g/mol. The number of carbonyl (C=O) groups is 1. The molecule has 8 nitrogen and oxygen atoms in total. The van der Waals surface area contributed by atoms with E-state index in [4.69, 9.17) is 0 Å². The van der Waals surface area contributed by atoms with Gasteiger partial charge >= 0.3 is 0 Å². The fraction of sp³-hybridized carbons (Fsp3) is 0.636. The van der Waals surface area contributed by atoms with Crippen LogP contribution in [0, 0.1) is 0 Å². The minimum absolute atomic E-state index is 0.0509. The van der Waals surface area contributed by atoms with Crippen LogP contribution in [0.3, 0.4) is 0 Å². The van der Waals surface area contributed by atoms with Crippen molar-refractivity contribution >= 4 is 27.0 Å². The highest BCUT2D eigenvalue weighted by molar-refractivity contribution is 7.89. The maximum absolute atomic E-state index is 12.5.